The van der Waals surface area contributed by atoms with E-state index in [1.165, 1.54) is 5.56 Å². The molecule has 6 rings (SSSR count). The third kappa shape index (κ3) is 6.11. The summed E-state index contributed by atoms with van der Waals surface area (Å²) in [4.78, 5) is 20.1. The molecule has 0 unspecified atom stereocenters. The average molecular weight is 646 g/mol. The number of benzene rings is 4. The van der Waals surface area contributed by atoms with Gasteiger partial charge in [0, 0.05) is 22.6 Å². The lowest BCUT2D eigenvalue weighted by Gasteiger charge is -2.19. The molecule has 224 valence electrons. The fraction of sp³-hybridized carbons (Fsp3) is 0.176. The summed E-state index contributed by atoms with van der Waals surface area (Å²) in [7, 11) is -3.90. The largest absolute Gasteiger partial charge is 0.341 e. The number of carbonyl (C=O) groups excluding carboxylic acids is 1. The van der Waals surface area contributed by atoms with E-state index in [9.17, 15) is 13.2 Å². The molecule has 0 saturated carbocycles. The maximum atomic E-state index is 12.3. The summed E-state index contributed by atoms with van der Waals surface area (Å²) in [5.41, 5.74) is 8.03. The van der Waals surface area contributed by atoms with Crippen LogP contribution in [0.15, 0.2) is 91.0 Å². The highest BCUT2D eigenvalue weighted by atomic mass is 35.5. The van der Waals surface area contributed by atoms with Crippen molar-refractivity contribution in [3.63, 3.8) is 0 Å². The highest BCUT2D eigenvalue weighted by Gasteiger charge is 2.34. The van der Waals surface area contributed by atoms with E-state index in [1.807, 2.05) is 10.8 Å². The standard InChI is InChI=1S/C34H30Cl2N4O3S/c1-34(2,3)25-12-8-23(9-13-25)22-6-4-21(5-7-22)18-30-37-32(33(38-30)28-17-14-26(35)19-29(28)36)24-10-15-27(16-11-24)40-20-31(41)39-44(40,42)43/h4-17,19H,18,20H2,1-3H3,(H,37,38)(H,39,41). The summed E-state index contributed by atoms with van der Waals surface area (Å²) in [6, 6.07) is 29.3. The predicted octanol–water partition coefficient (Wildman–Crippen LogP) is 7.79. The highest BCUT2D eigenvalue weighted by Crippen LogP contribution is 2.37. The minimum atomic E-state index is -3.90. The number of aromatic nitrogens is 2. The summed E-state index contributed by atoms with van der Waals surface area (Å²) < 4.78 is 27.7. The fourth-order valence-corrected chi connectivity index (χ4v) is 6.88. The van der Waals surface area contributed by atoms with E-state index in [4.69, 9.17) is 28.2 Å². The van der Waals surface area contributed by atoms with E-state index in [0.29, 0.717) is 33.4 Å². The van der Waals surface area contributed by atoms with Crippen LogP contribution in [0.5, 0.6) is 0 Å². The Balaban J connectivity index is 1.31. The molecule has 4 aromatic carbocycles. The van der Waals surface area contributed by atoms with Crippen molar-refractivity contribution in [2.45, 2.75) is 32.6 Å². The SMILES string of the molecule is CC(C)(C)c1ccc(-c2ccc(Cc3nc(-c4ccc(Cl)cc4Cl)c(-c4ccc(N5CC(=O)NS5(=O)=O)cc4)[nH]3)cc2)cc1. The number of imidazole rings is 1. The Labute approximate surface area is 267 Å². The Bertz CT molecular complexity index is 1960. The van der Waals surface area contributed by atoms with Gasteiger partial charge in [0.2, 0.25) is 0 Å². The molecule has 0 aliphatic carbocycles. The predicted molar refractivity (Wildman–Crippen MR) is 177 cm³/mol. The van der Waals surface area contributed by atoms with Crippen LogP contribution in [0.1, 0.15) is 37.7 Å². The molecule has 1 fully saturated rings. The molecule has 10 heteroatoms. The van der Waals surface area contributed by atoms with Gasteiger partial charge in [-0.05, 0) is 58.0 Å². The quantitative estimate of drug-likeness (QED) is 0.197. The monoisotopic (exact) mass is 644 g/mol. The van der Waals surface area contributed by atoms with Crippen LogP contribution in [0, 0.1) is 0 Å². The van der Waals surface area contributed by atoms with E-state index < -0.39 is 16.1 Å². The second-order valence-corrected chi connectivity index (χ2v) is 14.3. The number of rotatable bonds is 6. The number of hydrogen-bond donors (Lipinski definition) is 2. The first-order chi connectivity index (χ1) is 20.9. The van der Waals surface area contributed by atoms with Crippen molar-refractivity contribution in [3.8, 4) is 33.6 Å². The summed E-state index contributed by atoms with van der Waals surface area (Å²) >= 11 is 12.8. The number of nitrogens with one attached hydrogen (secondary N) is 2. The lowest BCUT2D eigenvalue weighted by Crippen LogP contribution is -2.29. The van der Waals surface area contributed by atoms with Gasteiger partial charge in [0.15, 0.2) is 0 Å². The molecule has 2 N–H and O–H groups in total. The number of H-pyrrole nitrogens is 1. The summed E-state index contributed by atoms with van der Waals surface area (Å²) in [6.07, 6.45) is 0.555. The second kappa shape index (κ2) is 11.4. The Kier molecular flexibility index (Phi) is 7.78. The van der Waals surface area contributed by atoms with E-state index in [2.05, 4.69) is 74.3 Å². The fourth-order valence-electron chi connectivity index (χ4n) is 5.23. The zero-order valence-corrected chi connectivity index (χ0v) is 26.7. The number of amides is 1. The number of aromatic amines is 1. The van der Waals surface area contributed by atoms with Crippen LogP contribution in [0.3, 0.4) is 0 Å². The molecule has 2 heterocycles. The normalized spacial score (nSPS) is 14.6. The molecule has 1 amide bonds. The van der Waals surface area contributed by atoms with Crippen molar-refractivity contribution in [1.82, 2.24) is 14.7 Å². The molecule has 5 aromatic rings. The van der Waals surface area contributed by atoms with Crippen molar-refractivity contribution in [2.24, 2.45) is 0 Å². The Hall–Kier alpha value is -4.11. The first kappa shape index (κ1) is 29.9. The van der Waals surface area contributed by atoms with Crippen LogP contribution in [0.2, 0.25) is 10.0 Å². The van der Waals surface area contributed by atoms with E-state index in [0.717, 1.165) is 38.1 Å². The topological polar surface area (TPSA) is 95.2 Å². The third-order valence-electron chi connectivity index (χ3n) is 7.61. The summed E-state index contributed by atoms with van der Waals surface area (Å²) in [5.74, 6) is 0.169. The molecular weight excluding hydrogens is 615 g/mol. The van der Waals surface area contributed by atoms with Gasteiger partial charge in [-0.25, -0.2) is 14.0 Å². The van der Waals surface area contributed by atoms with Crippen LogP contribution in [0.4, 0.5) is 5.69 Å². The maximum absolute atomic E-state index is 12.3. The third-order valence-corrected chi connectivity index (χ3v) is 9.57. The molecule has 1 saturated heterocycles. The lowest BCUT2D eigenvalue weighted by molar-refractivity contribution is -0.117. The van der Waals surface area contributed by atoms with Gasteiger partial charge in [-0.1, -0.05) is 105 Å². The van der Waals surface area contributed by atoms with Crippen molar-refractivity contribution in [3.05, 3.63) is 118 Å². The van der Waals surface area contributed by atoms with Crippen molar-refractivity contribution >= 4 is 45.0 Å². The molecule has 7 nitrogen and oxygen atoms in total. The summed E-state index contributed by atoms with van der Waals surface area (Å²) in [6.45, 7) is 6.36. The van der Waals surface area contributed by atoms with Crippen LogP contribution in [-0.4, -0.2) is 30.8 Å². The second-order valence-electron chi connectivity index (χ2n) is 11.8. The zero-order chi connectivity index (χ0) is 31.2. The van der Waals surface area contributed by atoms with Crippen LogP contribution in [0.25, 0.3) is 33.6 Å². The van der Waals surface area contributed by atoms with E-state index in [-0.39, 0.29) is 12.0 Å². The van der Waals surface area contributed by atoms with Gasteiger partial charge in [-0.2, -0.15) is 8.42 Å². The van der Waals surface area contributed by atoms with Gasteiger partial charge in [0.25, 0.3) is 5.91 Å². The molecular formula is C34H30Cl2N4O3S. The molecule has 0 atom stereocenters. The van der Waals surface area contributed by atoms with Gasteiger partial charge in [0.1, 0.15) is 12.4 Å². The van der Waals surface area contributed by atoms with Crippen LogP contribution < -0.4 is 9.03 Å². The van der Waals surface area contributed by atoms with Gasteiger partial charge < -0.3 is 4.98 Å². The first-order valence-corrected chi connectivity index (χ1v) is 16.2. The summed E-state index contributed by atoms with van der Waals surface area (Å²) in [5, 5.41) is 0.978. The lowest BCUT2D eigenvalue weighted by atomic mass is 9.86. The number of nitrogens with zero attached hydrogens (tertiary/aromatic N) is 2. The first-order valence-electron chi connectivity index (χ1n) is 14.1. The van der Waals surface area contributed by atoms with Gasteiger partial charge in [-0.3, -0.25) is 4.79 Å². The van der Waals surface area contributed by atoms with Crippen LogP contribution >= 0.6 is 23.2 Å². The van der Waals surface area contributed by atoms with E-state index in [1.54, 1.807) is 36.4 Å². The molecule has 44 heavy (non-hydrogen) atoms. The van der Waals surface area contributed by atoms with Crippen molar-refractivity contribution in [2.75, 3.05) is 10.8 Å². The van der Waals surface area contributed by atoms with Gasteiger partial charge in [0.05, 0.1) is 22.1 Å². The van der Waals surface area contributed by atoms with E-state index >= 15 is 0 Å². The molecule has 1 aliphatic heterocycles. The van der Waals surface area contributed by atoms with Crippen LogP contribution in [-0.2, 0) is 26.8 Å². The molecule has 1 aliphatic rings. The molecule has 0 spiro atoms. The minimum Gasteiger partial charge on any atom is -0.341 e. The number of hydrogen-bond acceptors (Lipinski definition) is 4. The Morgan fingerprint density at radius 1 is 0.841 bits per heavy atom. The van der Waals surface area contributed by atoms with Crippen molar-refractivity contribution in [1.29, 1.82) is 0 Å². The van der Waals surface area contributed by atoms with Gasteiger partial charge in [-0.15, -0.1) is 0 Å². The number of anilines is 1. The molecule has 0 radical (unpaired) electrons. The van der Waals surface area contributed by atoms with Crippen molar-refractivity contribution < 1.29 is 13.2 Å². The minimum absolute atomic E-state index is 0.105. The highest BCUT2D eigenvalue weighted by molar-refractivity contribution is 7.92. The Morgan fingerprint density at radius 2 is 1.45 bits per heavy atom. The number of halogens is 2. The average Bonchev–Trinajstić information content (AvgIpc) is 3.51. The Morgan fingerprint density at radius 3 is 2.02 bits per heavy atom. The molecule has 1 aromatic heterocycles. The zero-order valence-electron chi connectivity index (χ0n) is 24.4. The van der Waals surface area contributed by atoms with Gasteiger partial charge >= 0.3 is 10.2 Å². The maximum Gasteiger partial charge on any atom is 0.326 e. The number of carbonyl (C=O) groups is 1. The smallest absolute Gasteiger partial charge is 0.326 e. The molecule has 0 bridgehead atoms.